The third kappa shape index (κ3) is 4.70. The summed E-state index contributed by atoms with van der Waals surface area (Å²) in [5.74, 6) is 1.16. The molecule has 1 fully saturated rings. The first-order valence-corrected chi connectivity index (χ1v) is 11.5. The number of aryl methyl sites for hydroxylation is 1. The lowest BCUT2D eigenvalue weighted by atomic mass is 10.1. The molecule has 1 aliphatic heterocycles. The molecule has 1 atom stereocenters. The molecule has 0 radical (unpaired) electrons. The number of carbonyl (C=O) groups is 1. The largest absolute Gasteiger partial charge is 0.339 e. The van der Waals surface area contributed by atoms with Crippen molar-refractivity contribution in [2.45, 2.75) is 45.1 Å². The first kappa shape index (κ1) is 19.0. The van der Waals surface area contributed by atoms with Crippen LogP contribution < -0.4 is 0 Å². The van der Waals surface area contributed by atoms with Crippen molar-refractivity contribution in [2.75, 3.05) is 18.1 Å². The zero-order valence-electron chi connectivity index (χ0n) is 14.8. The first-order chi connectivity index (χ1) is 12.5. The maximum Gasteiger partial charge on any atom is 0.227 e. The third-order valence-electron chi connectivity index (χ3n) is 4.48. The molecular weight excluding hydrogens is 374 g/mol. The van der Waals surface area contributed by atoms with Gasteiger partial charge in [0.2, 0.25) is 17.6 Å². The second-order valence-electron chi connectivity index (χ2n) is 6.49. The van der Waals surface area contributed by atoms with Crippen molar-refractivity contribution < 1.29 is 17.7 Å². The van der Waals surface area contributed by atoms with Gasteiger partial charge in [-0.25, -0.2) is 8.42 Å². The van der Waals surface area contributed by atoms with Crippen LogP contribution in [0.4, 0.5) is 0 Å². The van der Waals surface area contributed by atoms with Crippen molar-refractivity contribution in [3.8, 4) is 10.7 Å². The molecule has 1 aliphatic rings. The molecule has 26 heavy (non-hydrogen) atoms. The van der Waals surface area contributed by atoms with Gasteiger partial charge in [-0.1, -0.05) is 24.6 Å². The van der Waals surface area contributed by atoms with Crippen LogP contribution in [-0.4, -0.2) is 53.5 Å². The van der Waals surface area contributed by atoms with E-state index in [2.05, 4.69) is 17.1 Å². The number of nitrogens with zero attached hydrogens (tertiary/aromatic N) is 3. The van der Waals surface area contributed by atoms with Crippen LogP contribution in [0.1, 0.15) is 38.5 Å². The molecule has 0 N–H and O–H groups in total. The Labute approximate surface area is 157 Å². The van der Waals surface area contributed by atoms with Crippen molar-refractivity contribution in [3.05, 3.63) is 23.4 Å². The number of carbonyl (C=O) groups excluding carboxylic acids is 1. The minimum atomic E-state index is -3.02. The highest BCUT2D eigenvalue weighted by Crippen LogP contribution is 2.22. The van der Waals surface area contributed by atoms with E-state index in [-0.39, 0.29) is 29.9 Å². The molecule has 142 valence electrons. The summed E-state index contributed by atoms with van der Waals surface area (Å²) in [4.78, 5) is 19.7. The number of rotatable bonds is 8. The molecule has 0 aromatic carbocycles. The summed E-state index contributed by atoms with van der Waals surface area (Å²) in [7, 11) is -3.02. The van der Waals surface area contributed by atoms with Gasteiger partial charge >= 0.3 is 0 Å². The van der Waals surface area contributed by atoms with Gasteiger partial charge in [-0.3, -0.25) is 4.79 Å². The van der Waals surface area contributed by atoms with Gasteiger partial charge < -0.3 is 9.42 Å². The maximum atomic E-state index is 12.7. The Morgan fingerprint density at radius 2 is 2.31 bits per heavy atom. The summed E-state index contributed by atoms with van der Waals surface area (Å²) < 4.78 is 28.8. The summed E-state index contributed by atoms with van der Waals surface area (Å²) in [5.41, 5.74) is 0. The standard InChI is InChI=1S/C17H23N3O4S2/c1-2-3-9-20(13-8-11-26(22,23)12-13)16(21)7-6-15-18-17(19-24-15)14-5-4-10-25-14/h4-5,10,13H,2-3,6-9,11-12H2,1H3. The lowest BCUT2D eigenvalue weighted by Gasteiger charge is -2.28. The summed E-state index contributed by atoms with van der Waals surface area (Å²) >= 11 is 1.53. The Balaban J connectivity index is 1.60. The molecule has 3 rings (SSSR count). The van der Waals surface area contributed by atoms with Gasteiger partial charge in [0, 0.05) is 25.4 Å². The molecule has 7 nitrogen and oxygen atoms in total. The SMILES string of the molecule is CCCCN(C(=O)CCc1nc(-c2cccs2)no1)C1CCS(=O)(=O)C1. The molecule has 9 heteroatoms. The fourth-order valence-corrected chi connectivity index (χ4v) is 5.46. The minimum Gasteiger partial charge on any atom is -0.339 e. The summed E-state index contributed by atoms with van der Waals surface area (Å²) in [6, 6.07) is 3.63. The molecule has 2 aromatic heterocycles. The molecule has 0 spiro atoms. The number of unbranched alkanes of at least 4 members (excludes halogenated alkanes) is 1. The van der Waals surface area contributed by atoms with Crippen molar-refractivity contribution in [1.82, 2.24) is 15.0 Å². The molecule has 1 saturated heterocycles. The lowest BCUT2D eigenvalue weighted by Crippen LogP contribution is -2.41. The van der Waals surface area contributed by atoms with Crippen LogP contribution in [0, 0.1) is 0 Å². The second kappa shape index (κ2) is 8.30. The molecule has 0 aliphatic carbocycles. The number of hydrogen-bond donors (Lipinski definition) is 0. The molecule has 1 unspecified atom stereocenters. The Kier molecular flexibility index (Phi) is 6.08. The van der Waals surface area contributed by atoms with Gasteiger partial charge in [0.05, 0.1) is 16.4 Å². The van der Waals surface area contributed by atoms with Gasteiger partial charge in [0.15, 0.2) is 9.84 Å². The molecule has 0 bridgehead atoms. The Morgan fingerprint density at radius 3 is 2.96 bits per heavy atom. The second-order valence-corrected chi connectivity index (χ2v) is 9.66. The van der Waals surface area contributed by atoms with Crippen LogP contribution in [0.2, 0.25) is 0 Å². The summed E-state index contributed by atoms with van der Waals surface area (Å²) in [6.07, 6.45) is 2.95. The number of aromatic nitrogens is 2. The van der Waals surface area contributed by atoms with Gasteiger partial charge in [0.1, 0.15) is 0 Å². The smallest absolute Gasteiger partial charge is 0.227 e. The van der Waals surface area contributed by atoms with Gasteiger partial charge in [-0.2, -0.15) is 4.98 Å². The van der Waals surface area contributed by atoms with Gasteiger partial charge in [0.25, 0.3) is 0 Å². The minimum absolute atomic E-state index is 0.0450. The van der Waals surface area contributed by atoms with Crippen LogP contribution in [0.25, 0.3) is 10.7 Å². The van der Waals surface area contributed by atoms with E-state index in [9.17, 15) is 13.2 Å². The predicted octanol–water partition coefficient (Wildman–Crippen LogP) is 2.55. The fourth-order valence-electron chi connectivity index (χ4n) is 3.08. The quantitative estimate of drug-likeness (QED) is 0.679. The number of hydrogen-bond acceptors (Lipinski definition) is 7. The van der Waals surface area contributed by atoms with Crippen molar-refractivity contribution >= 4 is 27.1 Å². The Hall–Kier alpha value is -1.74. The molecule has 2 aromatic rings. The van der Waals surface area contributed by atoms with E-state index in [1.54, 1.807) is 4.90 Å². The van der Waals surface area contributed by atoms with Crippen molar-refractivity contribution in [1.29, 1.82) is 0 Å². The fraction of sp³-hybridized carbons (Fsp3) is 0.588. The van der Waals surface area contributed by atoms with Crippen molar-refractivity contribution in [2.24, 2.45) is 0 Å². The Bertz CT molecular complexity index is 830. The zero-order valence-corrected chi connectivity index (χ0v) is 16.4. The average Bonchev–Trinajstić information content (AvgIpc) is 3.33. The molecule has 1 amide bonds. The van der Waals surface area contributed by atoms with Crippen LogP contribution in [-0.2, 0) is 21.1 Å². The highest BCUT2D eigenvalue weighted by atomic mass is 32.2. The number of thiophene rings is 1. The van der Waals surface area contributed by atoms with Gasteiger partial charge in [-0.05, 0) is 24.3 Å². The topological polar surface area (TPSA) is 93.4 Å². The first-order valence-electron chi connectivity index (χ1n) is 8.85. The van der Waals surface area contributed by atoms with E-state index in [1.165, 1.54) is 11.3 Å². The van der Waals surface area contributed by atoms with E-state index in [0.717, 1.165) is 17.7 Å². The lowest BCUT2D eigenvalue weighted by molar-refractivity contribution is -0.133. The highest BCUT2D eigenvalue weighted by molar-refractivity contribution is 7.91. The van der Waals surface area contributed by atoms with Crippen LogP contribution in [0.3, 0.4) is 0 Å². The normalized spacial score (nSPS) is 18.9. The molecule has 3 heterocycles. The highest BCUT2D eigenvalue weighted by Gasteiger charge is 2.34. The molecule has 0 saturated carbocycles. The van der Waals surface area contributed by atoms with Crippen molar-refractivity contribution in [3.63, 3.8) is 0 Å². The van der Waals surface area contributed by atoms with Gasteiger partial charge in [-0.15, -0.1) is 11.3 Å². The third-order valence-corrected chi connectivity index (χ3v) is 7.10. The maximum absolute atomic E-state index is 12.7. The van der Waals surface area contributed by atoms with Crippen LogP contribution in [0.5, 0.6) is 0 Å². The summed E-state index contributed by atoms with van der Waals surface area (Å²) in [5, 5.41) is 5.89. The predicted molar refractivity (Wildman–Crippen MR) is 99.6 cm³/mol. The summed E-state index contributed by atoms with van der Waals surface area (Å²) in [6.45, 7) is 2.65. The van der Waals surface area contributed by atoms with E-state index in [1.807, 2.05) is 17.5 Å². The Morgan fingerprint density at radius 1 is 1.46 bits per heavy atom. The van der Waals surface area contributed by atoms with E-state index in [0.29, 0.717) is 31.1 Å². The number of sulfone groups is 1. The van der Waals surface area contributed by atoms with E-state index >= 15 is 0 Å². The zero-order chi connectivity index (χ0) is 18.6. The molecular formula is C17H23N3O4S2. The van der Waals surface area contributed by atoms with E-state index in [4.69, 9.17) is 4.52 Å². The monoisotopic (exact) mass is 397 g/mol. The average molecular weight is 398 g/mol. The van der Waals surface area contributed by atoms with Crippen LogP contribution >= 0.6 is 11.3 Å². The number of amides is 1. The van der Waals surface area contributed by atoms with Crippen LogP contribution in [0.15, 0.2) is 22.0 Å². The van der Waals surface area contributed by atoms with E-state index < -0.39 is 9.84 Å².